The Morgan fingerprint density at radius 2 is 2.14 bits per heavy atom. The minimum absolute atomic E-state index is 0.139. The molecule has 1 amide bonds. The van der Waals surface area contributed by atoms with Crippen LogP contribution in [0.4, 0.5) is 5.00 Å². The Morgan fingerprint density at radius 1 is 1.34 bits per heavy atom. The lowest BCUT2D eigenvalue weighted by Gasteiger charge is -2.22. The summed E-state index contributed by atoms with van der Waals surface area (Å²) in [7, 11) is -3.78. The van der Waals surface area contributed by atoms with Crippen LogP contribution in [0.1, 0.15) is 42.2 Å². The topological polar surface area (TPSA) is 90.3 Å². The molecule has 1 N–H and O–H groups in total. The number of thiophene rings is 2. The minimum Gasteiger partial charge on any atom is -0.315 e. The van der Waals surface area contributed by atoms with E-state index in [2.05, 4.69) is 18.3 Å². The van der Waals surface area contributed by atoms with Gasteiger partial charge in [0.1, 0.15) is 21.3 Å². The molecular formula is C19H20ClN3O3S3. The summed E-state index contributed by atoms with van der Waals surface area (Å²) < 4.78 is 27.7. The molecule has 2 aliphatic rings. The number of amides is 1. The van der Waals surface area contributed by atoms with E-state index in [1.807, 2.05) is 0 Å². The van der Waals surface area contributed by atoms with Gasteiger partial charge in [-0.2, -0.15) is 9.57 Å². The fraction of sp³-hybridized carbons (Fsp3) is 0.474. The highest BCUT2D eigenvalue weighted by Gasteiger charge is 2.40. The highest BCUT2D eigenvalue weighted by atomic mass is 35.5. The SMILES string of the molecule is C[C@@H]1CCc2c(sc(NC(=O)[C@H]3CCCN3S(=O)(=O)c3ccc(Cl)s3)c2C#N)C1. The lowest BCUT2D eigenvalue weighted by molar-refractivity contribution is -0.119. The van der Waals surface area contributed by atoms with Crippen molar-refractivity contribution in [2.24, 2.45) is 5.92 Å². The predicted molar refractivity (Wildman–Crippen MR) is 115 cm³/mol. The van der Waals surface area contributed by atoms with E-state index in [4.69, 9.17) is 11.6 Å². The van der Waals surface area contributed by atoms with E-state index >= 15 is 0 Å². The predicted octanol–water partition coefficient (Wildman–Crippen LogP) is 4.25. The van der Waals surface area contributed by atoms with Crippen LogP contribution in [0.15, 0.2) is 16.3 Å². The van der Waals surface area contributed by atoms with E-state index in [9.17, 15) is 18.5 Å². The smallest absolute Gasteiger partial charge is 0.253 e. The van der Waals surface area contributed by atoms with Gasteiger partial charge in [0.25, 0.3) is 10.0 Å². The molecule has 3 heterocycles. The highest BCUT2D eigenvalue weighted by molar-refractivity contribution is 7.91. The van der Waals surface area contributed by atoms with Crippen molar-refractivity contribution in [1.82, 2.24) is 4.31 Å². The Hall–Kier alpha value is -1.44. The standard InChI is InChI=1S/C19H20ClN3O3S3/c1-11-4-5-12-13(10-21)19(27-15(12)9-11)22-18(24)14-3-2-8-23(14)29(25,26)17-7-6-16(20)28-17/h6-7,11,14H,2-5,8-9H2,1H3,(H,22,24)/t11-,14-/m1/s1. The van der Waals surface area contributed by atoms with Crippen molar-refractivity contribution in [3.05, 3.63) is 32.5 Å². The summed E-state index contributed by atoms with van der Waals surface area (Å²) in [6.45, 7) is 2.48. The molecule has 1 fully saturated rings. The molecule has 6 nitrogen and oxygen atoms in total. The number of hydrogen-bond donors (Lipinski definition) is 1. The maximum atomic E-state index is 13.0. The maximum absolute atomic E-state index is 13.0. The van der Waals surface area contributed by atoms with Crippen molar-refractivity contribution in [2.75, 3.05) is 11.9 Å². The van der Waals surface area contributed by atoms with Crippen molar-refractivity contribution in [3.63, 3.8) is 0 Å². The Balaban J connectivity index is 1.58. The number of fused-ring (bicyclic) bond motifs is 1. The summed E-state index contributed by atoms with van der Waals surface area (Å²) in [6.07, 6.45) is 3.85. The Morgan fingerprint density at radius 3 is 2.83 bits per heavy atom. The molecule has 4 rings (SSSR count). The molecule has 0 aromatic carbocycles. The number of carbonyl (C=O) groups is 1. The zero-order chi connectivity index (χ0) is 20.8. The van der Waals surface area contributed by atoms with Crippen molar-refractivity contribution in [1.29, 1.82) is 5.26 Å². The van der Waals surface area contributed by atoms with Gasteiger partial charge in [-0.3, -0.25) is 4.79 Å². The molecule has 0 spiro atoms. The van der Waals surface area contributed by atoms with Crippen LogP contribution >= 0.6 is 34.3 Å². The lowest BCUT2D eigenvalue weighted by atomic mass is 9.88. The first-order valence-electron chi connectivity index (χ1n) is 9.44. The van der Waals surface area contributed by atoms with Gasteiger partial charge in [-0.1, -0.05) is 18.5 Å². The van der Waals surface area contributed by atoms with Gasteiger partial charge in [-0.15, -0.1) is 22.7 Å². The fourth-order valence-corrected chi connectivity index (χ4v) is 8.63. The van der Waals surface area contributed by atoms with Crippen LogP contribution in [0.3, 0.4) is 0 Å². The molecule has 29 heavy (non-hydrogen) atoms. The summed E-state index contributed by atoms with van der Waals surface area (Å²) in [5.74, 6) is 0.182. The largest absolute Gasteiger partial charge is 0.315 e. The number of hydrogen-bond acceptors (Lipinski definition) is 6. The molecule has 1 aliphatic heterocycles. The quantitative estimate of drug-likeness (QED) is 0.724. The number of carbonyl (C=O) groups excluding carboxylic acids is 1. The zero-order valence-electron chi connectivity index (χ0n) is 15.8. The normalized spacial score (nSPS) is 22.2. The van der Waals surface area contributed by atoms with Gasteiger partial charge in [0.15, 0.2) is 0 Å². The Labute approximate surface area is 183 Å². The van der Waals surface area contributed by atoms with Crippen LogP contribution in [0.5, 0.6) is 0 Å². The first kappa shape index (κ1) is 20.8. The molecule has 2 aromatic heterocycles. The van der Waals surface area contributed by atoms with Gasteiger partial charge in [0.2, 0.25) is 5.91 Å². The molecule has 0 radical (unpaired) electrons. The van der Waals surface area contributed by atoms with Gasteiger partial charge in [0.05, 0.1) is 9.90 Å². The molecule has 2 aromatic rings. The average Bonchev–Trinajstić information content (AvgIpc) is 3.39. The van der Waals surface area contributed by atoms with Crippen LogP contribution in [0.25, 0.3) is 0 Å². The molecule has 154 valence electrons. The van der Waals surface area contributed by atoms with Crippen LogP contribution < -0.4 is 5.32 Å². The second kappa shape index (κ2) is 8.00. The number of nitrogens with zero attached hydrogens (tertiary/aromatic N) is 2. The maximum Gasteiger partial charge on any atom is 0.253 e. The van der Waals surface area contributed by atoms with Crippen molar-refractivity contribution in [3.8, 4) is 6.07 Å². The third-order valence-corrected chi connectivity index (χ3v) is 10.3. The lowest BCUT2D eigenvalue weighted by Crippen LogP contribution is -2.42. The second-order valence-electron chi connectivity index (χ2n) is 7.49. The molecule has 2 atom stereocenters. The van der Waals surface area contributed by atoms with Gasteiger partial charge >= 0.3 is 0 Å². The third-order valence-electron chi connectivity index (χ3n) is 5.48. The van der Waals surface area contributed by atoms with Gasteiger partial charge < -0.3 is 5.32 Å². The van der Waals surface area contributed by atoms with Gasteiger partial charge in [-0.25, -0.2) is 8.42 Å². The third kappa shape index (κ3) is 3.84. The van der Waals surface area contributed by atoms with Crippen LogP contribution in [0.2, 0.25) is 4.34 Å². The fourth-order valence-electron chi connectivity index (χ4n) is 3.99. The zero-order valence-corrected chi connectivity index (χ0v) is 19.0. The molecule has 1 aliphatic carbocycles. The first-order chi connectivity index (χ1) is 13.8. The van der Waals surface area contributed by atoms with E-state index in [1.54, 1.807) is 6.07 Å². The van der Waals surface area contributed by atoms with E-state index in [-0.39, 0.29) is 10.1 Å². The summed E-state index contributed by atoms with van der Waals surface area (Å²) in [6, 6.07) is 4.46. The Bertz CT molecular complexity index is 1100. The van der Waals surface area contributed by atoms with Crippen LogP contribution in [0, 0.1) is 17.2 Å². The summed E-state index contributed by atoms with van der Waals surface area (Å²) in [5.41, 5.74) is 1.57. The van der Waals surface area contributed by atoms with Crippen molar-refractivity contribution >= 4 is 55.2 Å². The van der Waals surface area contributed by atoms with Gasteiger partial charge in [-0.05, 0) is 55.7 Å². The van der Waals surface area contributed by atoms with Crippen molar-refractivity contribution < 1.29 is 13.2 Å². The minimum atomic E-state index is -3.78. The number of anilines is 1. The molecule has 0 saturated carbocycles. The molecule has 0 bridgehead atoms. The number of nitrogens with one attached hydrogen (secondary N) is 1. The number of halogens is 1. The summed E-state index contributed by atoms with van der Waals surface area (Å²) >= 11 is 8.33. The second-order valence-corrected chi connectivity index (χ2v) is 12.4. The number of sulfonamides is 1. The number of nitriles is 1. The monoisotopic (exact) mass is 469 g/mol. The molecule has 0 unspecified atom stereocenters. The highest BCUT2D eigenvalue weighted by Crippen LogP contribution is 2.40. The van der Waals surface area contributed by atoms with E-state index in [0.29, 0.717) is 40.2 Å². The first-order valence-corrected chi connectivity index (χ1v) is 12.9. The van der Waals surface area contributed by atoms with E-state index in [1.165, 1.54) is 21.7 Å². The molecule has 1 saturated heterocycles. The van der Waals surface area contributed by atoms with Crippen LogP contribution in [-0.2, 0) is 27.7 Å². The molecular weight excluding hydrogens is 450 g/mol. The average molecular weight is 470 g/mol. The molecule has 10 heteroatoms. The Kier molecular flexibility index (Phi) is 5.75. The van der Waals surface area contributed by atoms with E-state index < -0.39 is 16.1 Å². The summed E-state index contributed by atoms with van der Waals surface area (Å²) in [4.78, 5) is 14.2. The van der Waals surface area contributed by atoms with Gasteiger partial charge in [0, 0.05) is 11.4 Å². The van der Waals surface area contributed by atoms with Crippen molar-refractivity contribution in [2.45, 2.75) is 49.3 Å². The number of rotatable bonds is 4. The van der Waals surface area contributed by atoms with E-state index in [0.717, 1.165) is 41.0 Å². The summed E-state index contributed by atoms with van der Waals surface area (Å²) in [5, 5.41) is 13.0. The van der Waals surface area contributed by atoms with Crippen LogP contribution in [-0.4, -0.2) is 31.2 Å².